The van der Waals surface area contributed by atoms with Crippen LogP contribution in [0.15, 0.2) is 0 Å². The third-order valence-corrected chi connectivity index (χ3v) is 3.58. The second-order valence-electron chi connectivity index (χ2n) is 4.99. The summed E-state index contributed by atoms with van der Waals surface area (Å²) in [6.45, 7) is 9.18. The summed E-state index contributed by atoms with van der Waals surface area (Å²) in [5, 5.41) is 3.06. The van der Waals surface area contributed by atoms with Crippen LogP contribution in [0.1, 0.15) is 27.2 Å². The zero-order valence-corrected chi connectivity index (χ0v) is 10.4. The Labute approximate surface area is 93.2 Å². The highest BCUT2D eigenvalue weighted by Crippen LogP contribution is 2.23. The van der Waals surface area contributed by atoms with Gasteiger partial charge in [0, 0.05) is 25.6 Å². The van der Waals surface area contributed by atoms with E-state index in [9.17, 15) is 4.79 Å². The van der Waals surface area contributed by atoms with Crippen molar-refractivity contribution in [1.29, 1.82) is 0 Å². The van der Waals surface area contributed by atoms with E-state index in [2.05, 4.69) is 19.2 Å². The van der Waals surface area contributed by atoms with Crippen LogP contribution in [0.2, 0.25) is 0 Å². The molecule has 0 saturated carbocycles. The highest BCUT2D eigenvalue weighted by molar-refractivity contribution is 5.78. The van der Waals surface area contributed by atoms with Crippen LogP contribution < -0.4 is 5.32 Å². The molecule has 3 heteroatoms. The number of piperidine rings is 1. The van der Waals surface area contributed by atoms with Crippen LogP contribution in [0, 0.1) is 17.8 Å². The molecule has 1 rings (SSSR count). The predicted molar refractivity (Wildman–Crippen MR) is 62.6 cm³/mol. The molecule has 1 amide bonds. The number of likely N-dealkylation sites (tertiary alicyclic amines) is 1. The maximum Gasteiger partial charge on any atom is 0.226 e. The van der Waals surface area contributed by atoms with E-state index in [-0.39, 0.29) is 5.92 Å². The van der Waals surface area contributed by atoms with Gasteiger partial charge in [0.2, 0.25) is 5.91 Å². The fourth-order valence-electron chi connectivity index (χ4n) is 2.17. The summed E-state index contributed by atoms with van der Waals surface area (Å²) in [5.74, 6) is 1.82. The van der Waals surface area contributed by atoms with Gasteiger partial charge in [0.15, 0.2) is 0 Å². The first kappa shape index (κ1) is 12.5. The van der Waals surface area contributed by atoms with Crippen molar-refractivity contribution in [2.75, 3.05) is 26.7 Å². The molecule has 0 aliphatic carbocycles. The van der Waals surface area contributed by atoms with Crippen LogP contribution in [-0.4, -0.2) is 37.5 Å². The molecule has 3 atom stereocenters. The van der Waals surface area contributed by atoms with Gasteiger partial charge in [-0.25, -0.2) is 0 Å². The number of rotatable bonds is 3. The predicted octanol–water partition coefficient (Wildman–Crippen LogP) is 1.35. The summed E-state index contributed by atoms with van der Waals surface area (Å²) >= 11 is 0. The van der Waals surface area contributed by atoms with Crippen molar-refractivity contribution < 1.29 is 4.79 Å². The average molecular weight is 212 g/mol. The Morgan fingerprint density at radius 1 is 1.47 bits per heavy atom. The molecule has 3 nitrogen and oxygen atoms in total. The normalized spacial score (nSPS) is 28.9. The molecule has 0 radical (unpaired) electrons. The Morgan fingerprint density at radius 2 is 2.13 bits per heavy atom. The second kappa shape index (κ2) is 5.50. The second-order valence-corrected chi connectivity index (χ2v) is 4.99. The number of carbonyl (C=O) groups excluding carboxylic acids is 1. The molecule has 1 N–H and O–H groups in total. The number of amides is 1. The van der Waals surface area contributed by atoms with Gasteiger partial charge in [-0.1, -0.05) is 20.8 Å². The summed E-state index contributed by atoms with van der Waals surface area (Å²) in [6.07, 6.45) is 1.15. The van der Waals surface area contributed by atoms with E-state index in [0.717, 1.165) is 32.0 Å². The molecular formula is C12H24N2O. The minimum absolute atomic E-state index is 0.107. The molecule has 0 aromatic carbocycles. The summed E-state index contributed by atoms with van der Waals surface area (Å²) in [5.41, 5.74) is 0. The monoisotopic (exact) mass is 212 g/mol. The third kappa shape index (κ3) is 3.20. The number of carbonyl (C=O) groups is 1. The lowest BCUT2D eigenvalue weighted by molar-refractivity contribution is -0.137. The van der Waals surface area contributed by atoms with Crippen molar-refractivity contribution in [1.82, 2.24) is 10.2 Å². The maximum atomic E-state index is 12.0. The summed E-state index contributed by atoms with van der Waals surface area (Å²) in [4.78, 5) is 14.1. The molecule has 1 aliphatic heterocycles. The molecule has 0 bridgehead atoms. The number of hydrogen-bond donors (Lipinski definition) is 1. The average Bonchev–Trinajstić information content (AvgIpc) is 2.21. The van der Waals surface area contributed by atoms with Crippen molar-refractivity contribution in [3.8, 4) is 0 Å². The Hall–Kier alpha value is -0.570. The molecule has 1 heterocycles. The van der Waals surface area contributed by atoms with Crippen molar-refractivity contribution in [2.45, 2.75) is 27.2 Å². The minimum atomic E-state index is 0.107. The minimum Gasteiger partial charge on any atom is -0.342 e. The molecule has 1 aliphatic rings. The van der Waals surface area contributed by atoms with Crippen LogP contribution >= 0.6 is 0 Å². The Balaban J connectivity index is 2.47. The van der Waals surface area contributed by atoms with E-state index in [1.807, 2.05) is 18.9 Å². The SMILES string of the molecule is CNCC(C)C(=O)N1CCC(C)C(C)C1. The van der Waals surface area contributed by atoms with Crippen LogP contribution in [0.25, 0.3) is 0 Å². The lowest BCUT2D eigenvalue weighted by atomic mass is 9.88. The lowest BCUT2D eigenvalue weighted by Gasteiger charge is -2.36. The van der Waals surface area contributed by atoms with Gasteiger partial charge in [-0.15, -0.1) is 0 Å². The van der Waals surface area contributed by atoms with Crippen molar-refractivity contribution in [3.63, 3.8) is 0 Å². The fraction of sp³-hybridized carbons (Fsp3) is 0.917. The van der Waals surface area contributed by atoms with E-state index >= 15 is 0 Å². The quantitative estimate of drug-likeness (QED) is 0.766. The molecular weight excluding hydrogens is 188 g/mol. The van der Waals surface area contributed by atoms with Gasteiger partial charge in [0.1, 0.15) is 0 Å². The van der Waals surface area contributed by atoms with Gasteiger partial charge in [-0.2, -0.15) is 0 Å². The molecule has 0 aromatic heterocycles. The number of nitrogens with zero attached hydrogens (tertiary/aromatic N) is 1. The summed E-state index contributed by atoms with van der Waals surface area (Å²) in [6, 6.07) is 0. The van der Waals surface area contributed by atoms with Gasteiger partial charge in [0.25, 0.3) is 0 Å². The fourth-order valence-corrected chi connectivity index (χ4v) is 2.17. The molecule has 3 unspecified atom stereocenters. The van der Waals surface area contributed by atoms with Crippen LogP contribution in [0.3, 0.4) is 0 Å². The van der Waals surface area contributed by atoms with Gasteiger partial charge < -0.3 is 10.2 Å². The van der Waals surface area contributed by atoms with E-state index in [1.54, 1.807) is 0 Å². The smallest absolute Gasteiger partial charge is 0.226 e. The van der Waals surface area contributed by atoms with Crippen LogP contribution in [0.5, 0.6) is 0 Å². The number of nitrogens with one attached hydrogen (secondary N) is 1. The van der Waals surface area contributed by atoms with Crippen LogP contribution in [-0.2, 0) is 4.79 Å². The van der Waals surface area contributed by atoms with Crippen molar-refractivity contribution in [2.24, 2.45) is 17.8 Å². The molecule has 1 fully saturated rings. The van der Waals surface area contributed by atoms with Gasteiger partial charge in [0.05, 0.1) is 0 Å². The topological polar surface area (TPSA) is 32.3 Å². The van der Waals surface area contributed by atoms with Crippen molar-refractivity contribution >= 4 is 5.91 Å². The number of hydrogen-bond acceptors (Lipinski definition) is 2. The zero-order valence-electron chi connectivity index (χ0n) is 10.4. The first-order valence-electron chi connectivity index (χ1n) is 5.99. The standard InChI is InChI=1S/C12H24N2O/c1-9-5-6-14(8-11(9)3)12(15)10(2)7-13-4/h9-11,13H,5-8H2,1-4H3. The molecule has 0 spiro atoms. The largest absolute Gasteiger partial charge is 0.342 e. The van der Waals surface area contributed by atoms with E-state index < -0.39 is 0 Å². The molecule has 1 saturated heterocycles. The van der Waals surface area contributed by atoms with E-state index in [0.29, 0.717) is 11.8 Å². The highest BCUT2D eigenvalue weighted by Gasteiger charge is 2.27. The maximum absolute atomic E-state index is 12.0. The molecule has 88 valence electrons. The Bertz CT molecular complexity index is 218. The third-order valence-electron chi connectivity index (χ3n) is 3.58. The first-order valence-corrected chi connectivity index (χ1v) is 5.99. The summed E-state index contributed by atoms with van der Waals surface area (Å²) in [7, 11) is 1.89. The van der Waals surface area contributed by atoms with E-state index in [4.69, 9.17) is 0 Å². The lowest BCUT2D eigenvalue weighted by Crippen LogP contribution is -2.45. The van der Waals surface area contributed by atoms with Crippen molar-refractivity contribution in [3.05, 3.63) is 0 Å². The Morgan fingerprint density at radius 3 is 2.67 bits per heavy atom. The molecule has 0 aromatic rings. The van der Waals surface area contributed by atoms with Crippen LogP contribution in [0.4, 0.5) is 0 Å². The summed E-state index contributed by atoms with van der Waals surface area (Å²) < 4.78 is 0. The molecule has 15 heavy (non-hydrogen) atoms. The first-order chi connectivity index (χ1) is 7.06. The van der Waals surface area contributed by atoms with Gasteiger partial charge >= 0.3 is 0 Å². The van der Waals surface area contributed by atoms with Gasteiger partial charge in [-0.05, 0) is 25.3 Å². The highest BCUT2D eigenvalue weighted by atomic mass is 16.2. The van der Waals surface area contributed by atoms with E-state index in [1.165, 1.54) is 0 Å². The zero-order chi connectivity index (χ0) is 11.4. The van der Waals surface area contributed by atoms with Gasteiger partial charge in [-0.3, -0.25) is 4.79 Å². The Kier molecular flexibility index (Phi) is 4.58.